The second kappa shape index (κ2) is 7.95. The number of anilines is 1. The molecule has 0 radical (unpaired) electrons. The summed E-state index contributed by atoms with van der Waals surface area (Å²) in [5.74, 6) is 4.26. The Morgan fingerprint density at radius 3 is 2.56 bits per heavy atom. The van der Waals surface area contributed by atoms with Gasteiger partial charge in [0.25, 0.3) is 0 Å². The fourth-order valence-corrected chi connectivity index (χ4v) is 3.30. The highest BCUT2D eigenvalue weighted by atomic mass is 16.4. The maximum absolute atomic E-state index is 5.70. The molecule has 0 aliphatic carbocycles. The van der Waals surface area contributed by atoms with Crippen LogP contribution in [-0.4, -0.2) is 39.5 Å². The Labute approximate surface area is 150 Å². The van der Waals surface area contributed by atoms with Crippen LogP contribution in [0.25, 0.3) is 0 Å². The molecular weight excluding hydrogens is 314 g/mol. The number of nitrogens with zero attached hydrogens (tertiary/aromatic N) is 4. The average molecular weight is 343 g/mol. The zero-order valence-electron chi connectivity index (χ0n) is 15.8. The fraction of sp³-hybridized carbons (Fsp3) is 0.632. The van der Waals surface area contributed by atoms with Crippen molar-refractivity contribution < 1.29 is 4.42 Å². The topological polar surface area (TPSA) is 67.1 Å². The molecule has 1 saturated heterocycles. The van der Waals surface area contributed by atoms with Gasteiger partial charge in [-0.3, -0.25) is 4.90 Å². The van der Waals surface area contributed by atoms with Crippen LogP contribution in [-0.2, 0) is 13.0 Å². The van der Waals surface area contributed by atoms with Crippen LogP contribution < -0.4 is 5.32 Å². The molecular formula is C19H29N5O. The Kier molecular flexibility index (Phi) is 5.68. The van der Waals surface area contributed by atoms with E-state index in [1.54, 1.807) is 0 Å². The van der Waals surface area contributed by atoms with E-state index in [0.29, 0.717) is 5.92 Å². The normalized spacial score (nSPS) is 16.3. The third-order valence-electron chi connectivity index (χ3n) is 4.96. The van der Waals surface area contributed by atoms with Gasteiger partial charge in [0.15, 0.2) is 0 Å². The zero-order valence-corrected chi connectivity index (χ0v) is 15.8. The maximum Gasteiger partial charge on any atom is 0.208 e. The van der Waals surface area contributed by atoms with E-state index in [4.69, 9.17) is 4.42 Å². The SMILES string of the molecule is CCc1cc(NCC2CCN(Cc3nc(C)c(C)o3)CC2)nc(C)n1. The van der Waals surface area contributed by atoms with Gasteiger partial charge in [0.05, 0.1) is 12.2 Å². The Hall–Kier alpha value is -1.95. The standard InChI is InChI=1S/C19H29N5O/c1-5-17-10-18(23-15(4)22-17)20-11-16-6-8-24(9-7-16)12-19-21-13(2)14(3)25-19/h10,16H,5-9,11-12H2,1-4H3,(H,20,22,23). The monoisotopic (exact) mass is 343 g/mol. The minimum absolute atomic E-state index is 0.685. The van der Waals surface area contributed by atoms with Gasteiger partial charge in [0, 0.05) is 18.3 Å². The molecule has 0 unspecified atom stereocenters. The molecule has 136 valence electrons. The van der Waals surface area contributed by atoms with Crippen molar-refractivity contribution in [2.45, 2.75) is 53.5 Å². The van der Waals surface area contributed by atoms with Crippen molar-refractivity contribution in [1.82, 2.24) is 19.9 Å². The van der Waals surface area contributed by atoms with Crippen molar-refractivity contribution in [3.63, 3.8) is 0 Å². The predicted molar refractivity (Wildman–Crippen MR) is 98.6 cm³/mol. The molecule has 0 bridgehead atoms. The van der Waals surface area contributed by atoms with Crippen LogP contribution in [0.4, 0.5) is 5.82 Å². The first-order valence-electron chi connectivity index (χ1n) is 9.27. The summed E-state index contributed by atoms with van der Waals surface area (Å²) in [6, 6.07) is 2.06. The summed E-state index contributed by atoms with van der Waals surface area (Å²) in [6.45, 7) is 12.0. The minimum Gasteiger partial charge on any atom is -0.444 e. The van der Waals surface area contributed by atoms with Crippen LogP contribution >= 0.6 is 0 Å². The molecule has 2 aromatic heterocycles. The predicted octanol–water partition coefficient (Wildman–Crippen LogP) is 3.28. The summed E-state index contributed by atoms with van der Waals surface area (Å²) >= 11 is 0. The average Bonchev–Trinajstić information content (AvgIpc) is 2.91. The third-order valence-corrected chi connectivity index (χ3v) is 4.96. The molecule has 0 aromatic carbocycles. The van der Waals surface area contributed by atoms with Gasteiger partial charge in [-0.05, 0) is 59.0 Å². The second-order valence-electron chi connectivity index (χ2n) is 6.99. The molecule has 25 heavy (non-hydrogen) atoms. The summed E-state index contributed by atoms with van der Waals surface area (Å²) in [7, 11) is 0. The Morgan fingerprint density at radius 1 is 1.16 bits per heavy atom. The largest absolute Gasteiger partial charge is 0.444 e. The number of likely N-dealkylation sites (tertiary alicyclic amines) is 1. The van der Waals surface area contributed by atoms with E-state index in [1.807, 2.05) is 20.8 Å². The van der Waals surface area contributed by atoms with Gasteiger partial charge < -0.3 is 9.73 Å². The first-order chi connectivity index (χ1) is 12.0. The quantitative estimate of drug-likeness (QED) is 0.868. The molecule has 3 rings (SSSR count). The Morgan fingerprint density at radius 2 is 1.92 bits per heavy atom. The summed E-state index contributed by atoms with van der Waals surface area (Å²) in [5, 5.41) is 3.50. The lowest BCUT2D eigenvalue weighted by Crippen LogP contribution is -2.35. The molecule has 0 atom stereocenters. The van der Waals surface area contributed by atoms with Crippen molar-refractivity contribution in [2.24, 2.45) is 5.92 Å². The molecule has 0 saturated carbocycles. The number of nitrogens with one attached hydrogen (secondary N) is 1. The summed E-state index contributed by atoms with van der Waals surface area (Å²) < 4.78 is 5.70. The molecule has 3 heterocycles. The first-order valence-corrected chi connectivity index (χ1v) is 9.27. The van der Waals surface area contributed by atoms with Crippen molar-refractivity contribution in [3.05, 3.63) is 34.9 Å². The molecule has 1 aliphatic heterocycles. The lowest BCUT2D eigenvalue weighted by atomic mass is 9.97. The van der Waals surface area contributed by atoms with Crippen molar-refractivity contribution in [3.8, 4) is 0 Å². The molecule has 0 spiro atoms. The zero-order chi connectivity index (χ0) is 17.8. The van der Waals surface area contributed by atoms with Crippen LogP contribution in [0.2, 0.25) is 0 Å². The van der Waals surface area contributed by atoms with Gasteiger partial charge in [-0.2, -0.15) is 0 Å². The second-order valence-corrected chi connectivity index (χ2v) is 6.99. The fourth-order valence-electron chi connectivity index (χ4n) is 3.30. The van der Waals surface area contributed by atoms with Crippen molar-refractivity contribution in [2.75, 3.05) is 25.0 Å². The summed E-state index contributed by atoms with van der Waals surface area (Å²) in [5.41, 5.74) is 2.10. The Balaban J connectivity index is 1.45. The molecule has 6 heteroatoms. The Bertz CT molecular complexity index is 684. The van der Waals surface area contributed by atoms with Gasteiger partial charge >= 0.3 is 0 Å². The van der Waals surface area contributed by atoms with Gasteiger partial charge in [0.2, 0.25) is 5.89 Å². The highest BCUT2D eigenvalue weighted by Crippen LogP contribution is 2.20. The summed E-state index contributed by atoms with van der Waals surface area (Å²) in [6.07, 6.45) is 3.32. The molecule has 2 aromatic rings. The van der Waals surface area contributed by atoms with Gasteiger partial charge in [-0.15, -0.1) is 0 Å². The van der Waals surface area contributed by atoms with E-state index in [-0.39, 0.29) is 0 Å². The van der Waals surface area contributed by atoms with Crippen LogP contribution in [0.3, 0.4) is 0 Å². The molecule has 1 aliphatic rings. The van der Waals surface area contributed by atoms with Crippen molar-refractivity contribution >= 4 is 5.82 Å². The summed E-state index contributed by atoms with van der Waals surface area (Å²) in [4.78, 5) is 15.9. The molecule has 6 nitrogen and oxygen atoms in total. The minimum atomic E-state index is 0.685. The highest BCUT2D eigenvalue weighted by Gasteiger charge is 2.21. The lowest BCUT2D eigenvalue weighted by molar-refractivity contribution is 0.167. The van der Waals surface area contributed by atoms with Gasteiger partial charge in [-0.25, -0.2) is 15.0 Å². The number of oxazole rings is 1. The first kappa shape index (κ1) is 17.9. The van der Waals surface area contributed by atoms with E-state index in [2.05, 4.69) is 38.2 Å². The van der Waals surface area contributed by atoms with Gasteiger partial charge in [0.1, 0.15) is 17.4 Å². The van der Waals surface area contributed by atoms with Crippen LogP contribution in [0.1, 0.15) is 48.6 Å². The van der Waals surface area contributed by atoms with E-state index in [0.717, 1.165) is 67.3 Å². The smallest absolute Gasteiger partial charge is 0.208 e. The lowest BCUT2D eigenvalue weighted by Gasteiger charge is -2.31. The van der Waals surface area contributed by atoms with Crippen LogP contribution in [0, 0.1) is 26.7 Å². The number of hydrogen-bond acceptors (Lipinski definition) is 6. The van der Waals surface area contributed by atoms with E-state index in [9.17, 15) is 0 Å². The number of rotatable bonds is 6. The number of hydrogen-bond donors (Lipinski definition) is 1. The maximum atomic E-state index is 5.70. The number of aromatic nitrogens is 3. The van der Waals surface area contributed by atoms with E-state index in [1.165, 1.54) is 12.8 Å². The molecule has 1 N–H and O–H groups in total. The number of piperidine rings is 1. The molecule has 1 fully saturated rings. The van der Waals surface area contributed by atoms with E-state index >= 15 is 0 Å². The van der Waals surface area contributed by atoms with Crippen LogP contribution in [0.5, 0.6) is 0 Å². The van der Waals surface area contributed by atoms with Crippen molar-refractivity contribution in [1.29, 1.82) is 0 Å². The number of aryl methyl sites for hydroxylation is 4. The van der Waals surface area contributed by atoms with E-state index < -0.39 is 0 Å². The highest BCUT2D eigenvalue weighted by molar-refractivity contribution is 5.36. The van der Waals surface area contributed by atoms with Crippen LogP contribution in [0.15, 0.2) is 10.5 Å². The molecule has 0 amide bonds. The van der Waals surface area contributed by atoms with Gasteiger partial charge in [-0.1, -0.05) is 6.92 Å². The third kappa shape index (κ3) is 4.78.